The van der Waals surface area contributed by atoms with Crippen molar-refractivity contribution in [2.75, 3.05) is 37.7 Å². The minimum Gasteiger partial charge on any atom is -0.481 e. The Kier molecular flexibility index (Phi) is 25.0. The summed E-state index contributed by atoms with van der Waals surface area (Å²) in [6.07, 6.45) is -3.62. The summed E-state index contributed by atoms with van der Waals surface area (Å²) < 4.78 is 27.8. The highest BCUT2D eigenvalue weighted by atomic mass is 127. The molecule has 8 atom stereocenters. The molecule has 31 heteroatoms. The van der Waals surface area contributed by atoms with E-state index >= 15 is 0 Å². The molecule has 0 radical (unpaired) electrons. The van der Waals surface area contributed by atoms with Crippen LogP contribution in [0.5, 0.6) is 0 Å². The number of hydrogen-bond acceptors (Lipinski definition) is 16. The Morgan fingerprint density at radius 2 is 1.32 bits per heavy atom. The average molecular weight is 1130 g/mol. The molecule has 69 heavy (non-hydrogen) atoms. The first-order valence-corrected chi connectivity index (χ1v) is 22.9. The molecule has 0 spiro atoms. The molecular weight excluding hydrogens is 1080 g/mol. The first-order valence-electron chi connectivity index (χ1n) is 20.6. The number of aliphatic carboxylic acids is 1. The maximum Gasteiger partial charge on any atom is 0.305 e. The molecule has 1 saturated heterocycles. The third-order valence-corrected chi connectivity index (χ3v) is 11.2. The van der Waals surface area contributed by atoms with E-state index in [0.717, 1.165) is 17.0 Å². The monoisotopic (exact) mass is 1130 g/mol. The highest BCUT2D eigenvalue weighted by Gasteiger charge is 2.41. The maximum atomic E-state index is 14.1. The summed E-state index contributed by atoms with van der Waals surface area (Å²) in [5.74, 6) is -13.8. The van der Waals surface area contributed by atoms with Crippen LogP contribution in [0.25, 0.3) is 0 Å². The number of thiol groups is 2. The fourth-order valence-electron chi connectivity index (χ4n) is 6.37. The number of carboxylic acids is 1. The Morgan fingerprint density at radius 1 is 0.754 bits per heavy atom. The van der Waals surface area contributed by atoms with Crippen molar-refractivity contribution in [2.45, 2.75) is 86.9 Å². The molecule has 0 bridgehead atoms. The number of carboxylic acid groups (broad SMARTS) is 1. The zero-order valence-corrected chi connectivity index (χ0v) is 40.4. The number of nitrogens with two attached hydrogens (primary N) is 3. The third kappa shape index (κ3) is 21.1. The first-order chi connectivity index (χ1) is 32.3. The van der Waals surface area contributed by atoms with Crippen LogP contribution in [0.4, 0.5) is 8.78 Å². The number of primary amides is 1. The molecule has 382 valence electrons. The fourth-order valence-corrected chi connectivity index (χ4v) is 7.26. The molecule has 26 nitrogen and oxygen atoms in total. The van der Waals surface area contributed by atoms with Gasteiger partial charge in [-0.1, -0.05) is 0 Å². The van der Waals surface area contributed by atoms with E-state index in [1.165, 1.54) is 22.6 Å². The van der Waals surface area contributed by atoms with E-state index in [1.807, 2.05) is 0 Å². The van der Waals surface area contributed by atoms with Crippen molar-refractivity contribution >= 4 is 117 Å². The molecule has 0 aliphatic carbocycles. The van der Waals surface area contributed by atoms with E-state index in [4.69, 9.17) is 22.6 Å². The van der Waals surface area contributed by atoms with Gasteiger partial charge in [0.05, 0.1) is 44.1 Å². The van der Waals surface area contributed by atoms with Gasteiger partial charge in [-0.3, -0.25) is 58.1 Å². The Morgan fingerprint density at radius 3 is 1.88 bits per heavy atom. The van der Waals surface area contributed by atoms with E-state index in [9.17, 15) is 71.7 Å². The summed E-state index contributed by atoms with van der Waals surface area (Å²) in [4.78, 5) is 142. The van der Waals surface area contributed by atoms with E-state index < -0.39 is 168 Å². The second-order valence-electron chi connectivity index (χ2n) is 15.3. The van der Waals surface area contributed by atoms with E-state index in [1.54, 1.807) is 0 Å². The predicted molar refractivity (Wildman–Crippen MR) is 252 cm³/mol. The van der Waals surface area contributed by atoms with Crippen LogP contribution in [0.15, 0.2) is 18.2 Å². The van der Waals surface area contributed by atoms with Crippen LogP contribution >= 0.6 is 47.8 Å². The van der Waals surface area contributed by atoms with Crippen molar-refractivity contribution in [1.29, 1.82) is 5.41 Å². The maximum absolute atomic E-state index is 14.1. The number of β-amino-alcohol motifs (C(OH)–C–C–N with tert-alkyl or cyclic N) is 1. The fraction of sp³-hybridized carbons (Fsp3) is 0.526. The lowest BCUT2D eigenvalue weighted by Gasteiger charge is -2.27. The highest BCUT2D eigenvalue weighted by Crippen LogP contribution is 2.19. The summed E-state index contributed by atoms with van der Waals surface area (Å²) >= 11 is 9.43. The van der Waals surface area contributed by atoms with Gasteiger partial charge in [-0.15, -0.1) is 0 Å². The van der Waals surface area contributed by atoms with Gasteiger partial charge in [-0.25, -0.2) is 8.78 Å². The van der Waals surface area contributed by atoms with E-state index in [-0.39, 0.29) is 36.0 Å². The van der Waals surface area contributed by atoms with Crippen LogP contribution in [0.1, 0.15) is 37.7 Å². The van der Waals surface area contributed by atoms with Crippen LogP contribution in [-0.4, -0.2) is 170 Å². The van der Waals surface area contributed by atoms with Crippen LogP contribution in [0.3, 0.4) is 0 Å². The minimum atomic E-state index is -1.75. The molecule has 0 aromatic heterocycles. The molecular formula is C38H54F2IN13O13S2. The standard InChI is InChI=1S/C38H54F2IN13O13S2/c39-17-4-16(5-18(40)7-17)6-22(49-28(57)11-47-34(64)24(10-30(59)60)51-32(62)20(42)14-68)33(63)48-12-29(58)54-13-19(55)8-26(54)37(67)52-23(9-27(43)56)35(65)53-25(15-69)36(66)50-21(31(41)61)2-1-3-46-38(44)45/h4-5,7,19-26,55,68-69H,1-3,6,8-15,42H2,(H2,43,56)(H,47,64)(H,48,63)(H,49,57)(H,50,66)(H,51,62)(H,52,67)(H,53,65)(H,59,60)(H4,44,45,46)/t19?,20-,21+,22-,23+,24-,25?,26?/m1/s1. The number of guanidine groups is 1. The Balaban J connectivity index is 2.20. The van der Waals surface area contributed by atoms with Crippen LogP contribution < -0.4 is 59.7 Å². The van der Waals surface area contributed by atoms with Gasteiger partial charge in [-0.05, 0) is 30.5 Å². The van der Waals surface area contributed by atoms with Crippen molar-refractivity contribution in [3.63, 3.8) is 0 Å². The number of aliphatic hydroxyl groups is 1. The van der Waals surface area contributed by atoms with Gasteiger partial charge in [0.2, 0.25) is 57.0 Å². The van der Waals surface area contributed by atoms with Gasteiger partial charge in [0.1, 0.15) is 41.8 Å². The molecule has 0 saturated carbocycles. The summed E-state index contributed by atoms with van der Waals surface area (Å²) in [7, 11) is 0. The van der Waals surface area contributed by atoms with E-state index in [2.05, 4.69) is 67.8 Å². The zero-order valence-electron chi connectivity index (χ0n) is 36.4. The van der Waals surface area contributed by atoms with Gasteiger partial charge < -0.3 is 74.8 Å². The number of nitrogens with zero attached hydrogens (tertiary/aromatic N) is 1. The number of likely N-dealkylation sites (tertiary alicyclic amines) is 1. The van der Waals surface area contributed by atoms with Crippen LogP contribution in [0, 0.1) is 17.0 Å². The molecule has 3 unspecified atom stereocenters. The molecule has 1 aromatic carbocycles. The van der Waals surface area contributed by atoms with Crippen LogP contribution in [0.2, 0.25) is 0 Å². The SMILES string of the molecule is N=C(N)NCCC[C@H](NC(=O)C(CS)NC(=O)[C@H](CC(N)=O)NC(=O)C1CC(O)CN1C(=O)CNC(=O)[C@@H](Cc1cc(F)cc(F)c1)NC(=O)CNC(=O)[C@@H](CC(=O)O)NC(=O)[C@H](N)CS)C(=O)I. The number of aliphatic hydroxyl groups excluding tert-OH is 1. The van der Waals surface area contributed by atoms with Gasteiger partial charge >= 0.3 is 5.97 Å². The normalized spacial score (nSPS) is 16.7. The Hall–Kier alpha value is -5.93. The predicted octanol–water partition coefficient (Wildman–Crippen LogP) is -6.11. The molecule has 1 aliphatic rings. The number of nitrogens with one attached hydrogen (secondary N) is 9. The topological polar surface area (TPSA) is 430 Å². The average Bonchev–Trinajstić information content (AvgIpc) is 3.67. The lowest BCUT2D eigenvalue weighted by Crippen LogP contribution is -2.59. The number of benzene rings is 1. The summed E-state index contributed by atoms with van der Waals surface area (Å²) in [5.41, 5.74) is 16.0. The van der Waals surface area contributed by atoms with Crippen molar-refractivity contribution in [3.8, 4) is 0 Å². The van der Waals surface area contributed by atoms with Crippen molar-refractivity contribution in [1.82, 2.24) is 47.4 Å². The highest BCUT2D eigenvalue weighted by molar-refractivity contribution is 14.1. The quantitative estimate of drug-likeness (QED) is 0.00927. The molecule has 1 aromatic rings. The first kappa shape index (κ1) is 59.2. The molecule has 1 fully saturated rings. The zero-order chi connectivity index (χ0) is 52.1. The Bertz CT molecular complexity index is 2100. The summed E-state index contributed by atoms with van der Waals surface area (Å²) in [6, 6.07) is -8.12. The molecule has 2 rings (SSSR count). The number of rotatable bonds is 28. The minimum absolute atomic E-state index is 0.124. The van der Waals surface area contributed by atoms with Gasteiger partial charge in [0.25, 0.3) is 0 Å². The van der Waals surface area contributed by atoms with Gasteiger partial charge in [0.15, 0.2) is 5.96 Å². The van der Waals surface area contributed by atoms with Gasteiger partial charge in [-0.2, -0.15) is 25.3 Å². The molecule has 9 amide bonds. The number of amides is 9. The number of hydrogen-bond donors (Lipinski definition) is 16. The third-order valence-electron chi connectivity index (χ3n) is 9.73. The number of carbonyl (C=O) groups excluding carboxylic acids is 10. The van der Waals surface area contributed by atoms with Crippen LogP contribution in [-0.2, 0) is 59.2 Å². The molecule has 1 heterocycles. The van der Waals surface area contributed by atoms with Crippen molar-refractivity contribution in [3.05, 3.63) is 35.4 Å². The second-order valence-corrected chi connectivity index (χ2v) is 17.1. The molecule has 17 N–H and O–H groups in total. The largest absolute Gasteiger partial charge is 0.481 e. The Labute approximate surface area is 416 Å². The summed E-state index contributed by atoms with van der Waals surface area (Å²) in [6.45, 7) is -2.10. The van der Waals surface area contributed by atoms with Crippen molar-refractivity contribution in [2.24, 2.45) is 17.2 Å². The molecule has 1 aliphatic heterocycles. The van der Waals surface area contributed by atoms with Gasteiger partial charge in [0, 0.05) is 66.1 Å². The second kappa shape index (κ2) is 29.2. The van der Waals surface area contributed by atoms with Crippen molar-refractivity contribution < 1.29 is 71.7 Å². The summed E-state index contributed by atoms with van der Waals surface area (Å²) in [5, 5.41) is 45.2. The lowest BCUT2D eigenvalue weighted by atomic mass is 10.0. The number of halogens is 3. The lowest BCUT2D eigenvalue weighted by molar-refractivity contribution is -0.141. The number of carbonyl (C=O) groups is 11. The van der Waals surface area contributed by atoms with E-state index in [0.29, 0.717) is 12.5 Å². The smallest absolute Gasteiger partial charge is 0.305 e.